The first-order valence-corrected chi connectivity index (χ1v) is 7.34. The molecule has 3 N–H and O–H groups in total. The number of hydrogen-bond donors (Lipinski definition) is 2. The van der Waals surface area contributed by atoms with Gasteiger partial charge in [-0.3, -0.25) is 4.79 Å². The molecule has 1 heterocycles. The summed E-state index contributed by atoms with van der Waals surface area (Å²) >= 11 is 7.45. The summed E-state index contributed by atoms with van der Waals surface area (Å²) in [6.07, 6.45) is 0. The van der Waals surface area contributed by atoms with Crippen LogP contribution in [0, 0.1) is 0 Å². The highest BCUT2D eigenvalue weighted by molar-refractivity contribution is 7.10. The lowest BCUT2D eigenvalue weighted by molar-refractivity contribution is -0.117. The SMILES string of the molecule is COc1cc(NC(=O)C(N)c2cccs2)c(OC)cc1Cl. The van der Waals surface area contributed by atoms with Gasteiger partial charge in [-0.2, -0.15) is 0 Å². The van der Waals surface area contributed by atoms with Crippen LogP contribution in [0.5, 0.6) is 11.5 Å². The molecule has 0 aliphatic heterocycles. The van der Waals surface area contributed by atoms with Crippen LogP contribution >= 0.6 is 22.9 Å². The van der Waals surface area contributed by atoms with Crippen molar-refractivity contribution in [2.24, 2.45) is 5.73 Å². The number of carbonyl (C=O) groups excluding carboxylic acids is 1. The first-order chi connectivity index (χ1) is 10.1. The number of hydrogen-bond acceptors (Lipinski definition) is 5. The third kappa shape index (κ3) is 3.47. The van der Waals surface area contributed by atoms with E-state index in [1.807, 2.05) is 17.5 Å². The van der Waals surface area contributed by atoms with Crippen LogP contribution in [0.4, 0.5) is 5.69 Å². The van der Waals surface area contributed by atoms with Gasteiger partial charge in [-0.05, 0) is 11.4 Å². The molecular formula is C14H15ClN2O3S. The fourth-order valence-corrected chi connectivity index (χ4v) is 2.72. The Bertz CT molecular complexity index is 631. The van der Waals surface area contributed by atoms with E-state index in [2.05, 4.69) is 5.32 Å². The smallest absolute Gasteiger partial charge is 0.246 e. The van der Waals surface area contributed by atoms with Crippen molar-refractivity contribution in [3.05, 3.63) is 39.5 Å². The standard InChI is InChI=1S/C14H15ClN2O3S/c1-19-10-7-9(11(20-2)6-8(10)15)17-14(18)13(16)12-4-3-5-21-12/h3-7,13H,16H2,1-2H3,(H,17,18). The van der Waals surface area contributed by atoms with Crippen molar-refractivity contribution >= 4 is 34.5 Å². The molecular weight excluding hydrogens is 312 g/mol. The number of thiophene rings is 1. The Morgan fingerprint density at radius 3 is 2.62 bits per heavy atom. The third-order valence-corrected chi connectivity index (χ3v) is 4.11. The normalized spacial score (nSPS) is 11.8. The topological polar surface area (TPSA) is 73.6 Å². The van der Waals surface area contributed by atoms with Gasteiger partial charge in [0.1, 0.15) is 17.5 Å². The van der Waals surface area contributed by atoms with E-state index in [1.54, 1.807) is 12.1 Å². The van der Waals surface area contributed by atoms with E-state index in [4.69, 9.17) is 26.8 Å². The number of anilines is 1. The molecule has 0 bridgehead atoms. The molecule has 0 fully saturated rings. The Labute approximate surface area is 131 Å². The summed E-state index contributed by atoms with van der Waals surface area (Å²) < 4.78 is 10.3. The molecule has 112 valence electrons. The van der Waals surface area contributed by atoms with Gasteiger partial charge in [0, 0.05) is 17.0 Å². The number of rotatable bonds is 5. The molecule has 0 saturated heterocycles. The summed E-state index contributed by atoms with van der Waals surface area (Å²) in [6, 6.07) is 6.09. The highest BCUT2D eigenvalue weighted by atomic mass is 35.5. The van der Waals surface area contributed by atoms with Gasteiger partial charge in [0.15, 0.2) is 0 Å². The maximum Gasteiger partial charge on any atom is 0.246 e. The first kappa shape index (κ1) is 15.6. The minimum atomic E-state index is -0.739. The molecule has 7 heteroatoms. The summed E-state index contributed by atoms with van der Waals surface area (Å²) in [5.74, 6) is 0.546. The zero-order valence-corrected chi connectivity index (χ0v) is 13.1. The van der Waals surface area contributed by atoms with Crippen molar-refractivity contribution in [2.75, 3.05) is 19.5 Å². The number of nitrogens with one attached hydrogen (secondary N) is 1. The van der Waals surface area contributed by atoms with E-state index in [0.717, 1.165) is 4.88 Å². The van der Waals surface area contributed by atoms with Crippen LogP contribution < -0.4 is 20.5 Å². The number of halogens is 1. The molecule has 0 aliphatic rings. The fourth-order valence-electron chi connectivity index (χ4n) is 1.77. The summed E-state index contributed by atoms with van der Waals surface area (Å²) in [7, 11) is 2.99. The summed E-state index contributed by atoms with van der Waals surface area (Å²) in [4.78, 5) is 13.0. The Morgan fingerprint density at radius 1 is 1.33 bits per heavy atom. The van der Waals surface area contributed by atoms with Gasteiger partial charge in [-0.15, -0.1) is 11.3 Å². The minimum Gasteiger partial charge on any atom is -0.495 e. The Morgan fingerprint density at radius 2 is 2.05 bits per heavy atom. The second kappa shape index (κ2) is 6.80. The van der Waals surface area contributed by atoms with E-state index in [0.29, 0.717) is 22.2 Å². The van der Waals surface area contributed by atoms with Gasteiger partial charge in [0.2, 0.25) is 5.91 Å². The Hall–Kier alpha value is -1.76. The molecule has 1 amide bonds. The predicted molar refractivity (Wildman–Crippen MR) is 84.4 cm³/mol. The van der Waals surface area contributed by atoms with Crippen LogP contribution in [0.1, 0.15) is 10.9 Å². The minimum absolute atomic E-state index is 0.333. The fraction of sp³-hybridized carbons (Fsp3) is 0.214. The van der Waals surface area contributed by atoms with Crippen molar-refractivity contribution in [3.8, 4) is 11.5 Å². The maximum atomic E-state index is 12.2. The average Bonchev–Trinajstić information content (AvgIpc) is 3.01. The summed E-state index contributed by atoms with van der Waals surface area (Å²) in [6.45, 7) is 0. The molecule has 0 spiro atoms. The average molecular weight is 327 g/mol. The number of benzene rings is 1. The second-order valence-electron chi connectivity index (χ2n) is 4.17. The molecule has 21 heavy (non-hydrogen) atoms. The molecule has 5 nitrogen and oxygen atoms in total. The first-order valence-electron chi connectivity index (χ1n) is 6.08. The molecule has 1 unspecified atom stereocenters. The highest BCUT2D eigenvalue weighted by Crippen LogP contribution is 2.36. The predicted octanol–water partition coefficient (Wildman–Crippen LogP) is 3.06. The zero-order valence-electron chi connectivity index (χ0n) is 11.6. The monoisotopic (exact) mass is 326 g/mol. The quantitative estimate of drug-likeness (QED) is 0.885. The van der Waals surface area contributed by atoms with Crippen LogP contribution in [-0.4, -0.2) is 20.1 Å². The van der Waals surface area contributed by atoms with Crippen molar-refractivity contribution in [2.45, 2.75) is 6.04 Å². The summed E-state index contributed by atoms with van der Waals surface area (Å²) in [5.41, 5.74) is 6.38. The van der Waals surface area contributed by atoms with Gasteiger partial charge >= 0.3 is 0 Å². The van der Waals surface area contributed by atoms with Gasteiger partial charge in [-0.1, -0.05) is 17.7 Å². The number of amides is 1. The zero-order chi connectivity index (χ0) is 15.4. The van der Waals surface area contributed by atoms with Gasteiger partial charge in [0.05, 0.1) is 24.9 Å². The second-order valence-corrected chi connectivity index (χ2v) is 5.56. The van der Waals surface area contributed by atoms with Crippen LogP contribution in [0.3, 0.4) is 0 Å². The van der Waals surface area contributed by atoms with Gasteiger partial charge < -0.3 is 20.5 Å². The van der Waals surface area contributed by atoms with Crippen LogP contribution in [0.2, 0.25) is 5.02 Å². The molecule has 1 atom stereocenters. The van der Waals surface area contributed by atoms with Crippen molar-refractivity contribution in [1.29, 1.82) is 0 Å². The van der Waals surface area contributed by atoms with E-state index >= 15 is 0 Å². The molecule has 2 aromatic rings. The molecule has 2 rings (SSSR count). The third-order valence-electron chi connectivity index (χ3n) is 2.86. The van der Waals surface area contributed by atoms with Crippen LogP contribution in [0.25, 0.3) is 0 Å². The number of nitrogens with two attached hydrogens (primary N) is 1. The van der Waals surface area contributed by atoms with Crippen molar-refractivity contribution in [1.82, 2.24) is 0 Å². The highest BCUT2D eigenvalue weighted by Gasteiger charge is 2.19. The Kier molecular flexibility index (Phi) is 5.06. The lowest BCUT2D eigenvalue weighted by atomic mass is 10.2. The van der Waals surface area contributed by atoms with E-state index in [1.165, 1.54) is 25.6 Å². The van der Waals surface area contributed by atoms with Gasteiger partial charge in [0.25, 0.3) is 0 Å². The van der Waals surface area contributed by atoms with Crippen molar-refractivity contribution < 1.29 is 14.3 Å². The maximum absolute atomic E-state index is 12.2. The molecule has 0 aliphatic carbocycles. The lowest BCUT2D eigenvalue weighted by Crippen LogP contribution is -2.27. The number of carbonyl (C=O) groups is 1. The van der Waals surface area contributed by atoms with Gasteiger partial charge in [-0.25, -0.2) is 0 Å². The van der Waals surface area contributed by atoms with E-state index in [9.17, 15) is 4.79 Å². The Balaban J connectivity index is 2.24. The number of methoxy groups -OCH3 is 2. The van der Waals surface area contributed by atoms with E-state index < -0.39 is 6.04 Å². The molecule has 1 aromatic carbocycles. The molecule has 0 radical (unpaired) electrons. The van der Waals surface area contributed by atoms with Crippen LogP contribution in [0.15, 0.2) is 29.6 Å². The summed E-state index contributed by atoms with van der Waals surface area (Å²) in [5, 5.41) is 5.00. The van der Waals surface area contributed by atoms with E-state index in [-0.39, 0.29) is 5.91 Å². The van der Waals surface area contributed by atoms with Crippen LogP contribution in [-0.2, 0) is 4.79 Å². The van der Waals surface area contributed by atoms with Crippen molar-refractivity contribution in [3.63, 3.8) is 0 Å². The largest absolute Gasteiger partial charge is 0.495 e. The lowest BCUT2D eigenvalue weighted by Gasteiger charge is -2.15. The molecule has 0 saturated carbocycles. The molecule has 1 aromatic heterocycles. The number of ether oxygens (including phenoxy) is 2.